The minimum atomic E-state index is -3.56. The van der Waals surface area contributed by atoms with Gasteiger partial charge in [0.25, 0.3) is 0 Å². The molecule has 1 atom stereocenters. The average Bonchev–Trinajstić information content (AvgIpc) is 3.20. The number of amides is 2. The normalized spacial score (nSPS) is 19.5. The van der Waals surface area contributed by atoms with Gasteiger partial charge in [0.1, 0.15) is 0 Å². The number of rotatable bonds is 6. The number of benzene rings is 1. The third kappa shape index (κ3) is 6.54. The van der Waals surface area contributed by atoms with E-state index in [9.17, 15) is 18.0 Å². The van der Waals surface area contributed by atoms with Crippen molar-refractivity contribution in [2.45, 2.75) is 70.4 Å². The summed E-state index contributed by atoms with van der Waals surface area (Å²) >= 11 is 0. The lowest BCUT2D eigenvalue weighted by Crippen LogP contribution is -2.51. The summed E-state index contributed by atoms with van der Waals surface area (Å²) in [4.78, 5) is 27.2. The molecule has 2 fully saturated rings. The molecular formula is C25H39N3O6S. The summed E-state index contributed by atoms with van der Waals surface area (Å²) in [6.45, 7) is 11.3. The van der Waals surface area contributed by atoms with Crippen LogP contribution in [0.3, 0.4) is 0 Å². The first-order valence-corrected chi connectivity index (χ1v) is 13.5. The molecule has 35 heavy (non-hydrogen) atoms. The largest absolute Gasteiger partial charge is 0.467 e. The van der Waals surface area contributed by atoms with Crippen LogP contribution in [0.2, 0.25) is 0 Å². The molecule has 0 aliphatic carbocycles. The summed E-state index contributed by atoms with van der Waals surface area (Å²) in [5.74, 6) is -0.554. The van der Waals surface area contributed by atoms with Crippen molar-refractivity contribution in [1.29, 1.82) is 0 Å². The van der Waals surface area contributed by atoms with E-state index >= 15 is 0 Å². The lowest BCUT2D eigenvalue weighted by Gasteiger charge is -2.38. The van der Waals surface area contributed by atoms with E-state index in [1.54, 1.807) is 15.3 Å². The lowest BCUT2D eigenvalue weighted by atomic mass is 9.78. The minimum Gasteiger partial charge on any atom is -0.467 e. The number of ether oxygens (including phenoxy) is 2. The summed E-state index contributed by atoms with van der Waals surface area (Å²) in [7, 11) is -2.28. The standard InChI is InChI=1S/C25H39N3O6S/c1-18-7-8-19(2)21(15-18)35(31,32)28-13-10-25(11-14-28)9-12-27(17-25)23(30)26-20(22(29)33-6)16-34-24(3,4)5/h7-8,15,20H,9-14,16-17H2,1-6H3,(H,26,30)/t20-/m0/s1. The molecule has 2 amide bonds. The molecule has 1 aromatic carbocycles. The monoisotopic (exact) mass is 509 g/mol. The quantitative estimate of drug-likeness (QED) is 0.592. The number of likely N-dealkylation sites (tertiary alicyclic amines) is 1. The van der Waals surface area contributed by atoms with Crippen LogP contribution in [-0.2, 0) is 24.3 Å². The maximum atomic E-state index is 13.3. The van der Waals surface area contributed by atoms with Gasteiger partial charge in [-0.2, -0.15) is 4.31 Å². The van der Waals surface area contributed by atoms with E-state index in [0.717, 1.165) is 17.5 Å². The number of methoxy groups -OCH3 is 1. The van der Waals surface area contributed by atoms with Crippen LogP contribution in [0.1, 0.15) is 51.2 Å². The van der Waals surface area contributed by atoms with Crippen LogP contribution in [0.25, 0.3) is 0 Å². The van der Waals surface area contributed by atoms with Gasteiger partial charge in [0.05, 0.1) is 24.2 Å². The second-order valence-corrected chi connectivity index (χ2v) is 12.7. The molecule has 2 aliphatic heterocycles. The van der Waals surface area contributed by atoms with Crippen LogP contribution < -0.4 is 5.32 Å². The second-order valence-electron chi connectivity index (χ2n) is 10.8. The first-order valence-electron chi connectivity index (χ1n) is 12.1. The Kier molecular flexibility index (Phi) is 8.18. The molecule has 1 aromatic rings. The molecule has 0 bridgehead atoms. The lowest BCUT2D eigenvalue weighted by molar-refractivity contribution is -0.146. The molecule has 2 saturated heterocycles. The molecule has 2 aliphatic rings. The fourth-order valence-corrected chi connectivity index (χ4v) is 6.48. The molecule has 9 nitrogen and oxygen atoms in total. The van der Waals surface area contributed by atoms with Crippen LogP contribution >= 0.6 is 0 Å². The van der Waals surface area contributed by atoms with Crippen molar-refractivity contribution in [1.82, 2.24) is 14.5 Å². The fourth-order valence-electron chi connectivity index (χ4n) is 4.73. The number of hydrogen-bond acceptors (Lipinski definition) is 6. The smallest absolute Gasteiger partial charge is 0.330 e. The Morgan fingerprint density at radius 1 is 1.11 bits per heavy atom. The van der Waals surface area contributed by atoms with Crippen molar-refractivity contribution in [3.63, 3.8) is 0 Å². The van der Waals surface area contributed by atoms with Gasteiger partial charge < -0.3 is 19.7 Å². The zero-order valence-corrected chi connectivity index (χ0v) is 22.5. The molecule has 2 heterocycles. The third-order valence-corrected chi connectivity index (χ3v) is 8.98. The van der Waals surface area contributed by atoms with Gasteiger partial charge in [-0.25, -0.2) is 18.0 Å². The number of esters is 1. The van der Waals surface area contributed by atoms with Gasteiger partial charge in [-0.1, -0.05) is 12.1 Å². The first-order chi connectivity index (χ1) is 16.3. The molecule has 1 N–H and O–H groups in total. The molecular weight excluding hydrogens is 470 g/mol. The number of urea groups is 1. The predicted octanol–water partition coefficient (Wildman–Crippen LogP) is 2.85. The number of sulfonamides is 1. The van der Waals surface area contributed by atoms with Crippen LogP contribution in [-0.4, -0.2) is 81.2 Å². The van der Waals surface area contributed by atoms with E-state index in [4.69, 9.17) is 9.47 Å². The molecule has 0 radical (unpaired) electrons. The summed E-state index contributed by atoms with van der Waals surface area (Å²) in [6, 6.07) is 4.26. The molecule has 0 unspecified atom stereocenters. The number of nitrogens with one attached hydrogen (secondary N) is 1. The van der Waals surface area contributed by atoms with E-state index in [1.165, 1.54) is 7.11 Å². The van der Waals surface area contributed by atoms with Gasteiger partial charge in [0, 0.05) is 26.2 Å². The van der Waals surface area contributed by atoms with Gasteiger partial charge in [0.15, 0.2) is 6.04 Å². The molecule has 0 aromatic heterocycles. The van der Waals surface area contributed by atoms with Crippen LogP contribution in [0.15, 0.2) is 23.1 Å². The Hall–Kier alpha value is -2.17. The third-order valence-electron chi connectivity index (χ3n) is 6.94. The average molecular weight is 510 g/mol. The zero-order valence-electron chi connectivity index (χ0n) is 21.7. The van der Waals surface area contributed by atoms with Crippen molar-refractivity contribution in [3.05, 3.63) is 29.3 Å². The maximum absolute atomic E-state index is 13.3. The highest BCUT2D eigenvalue weighted by Gasteiger charge is 2.44. The van der Waals surface area contributed by atoms with Crippen molar-refractivity contribution in [2.75, 3.05) is 39.9 Å². The van der Waals surface area contributed by atoms with E-state index < -0.39 is 27.6 Å². The van der Waals surface area contributed by atoms with Crippen molar-refractivity contribution < 1.29 is 27.5 Å². The fraction of sp³-hybridized carbons (Fsp3) is 0.680. The summed E-state index contributed by atoms with van der Waals surface area (Å²) in [5, 5.41) is 2.75. The Labute approximate surface area is 209 Å². The number of carbonyl (C=O) groups excluding carboxylic acids is 2. The minimum absolute atomic E-state index is 0.0199. The number of hydrogen-bond donors (Lipinski definition) is 1. The van der Waals surface area contributed by atoms with E-state index in [2.05, 4.69) is 5.32 Å². The second kappa shape index (κ2) is 10.4. The Bertz CT molecular complexity index is 1040. The first kappa shape index (κ1) is 27.4. The maximum Gasteiger partial charge on any atom is 0.330 e. The van der Waals surface area contributed by atoms with Gasteiger partial charge in [-0.15, -0.1) is 0 Å². The highest BCUT2D eigenvalue weighted by Crippen LogP contribution is 2.41. The van der Waals surface area contributed by atoms with E-state index in [1.807, 2.05) is 46.8 Å². The van der Waals surface area contributed by atoms with E-state index in [0.29, 0.717) is 43.9 Å². The highest BCUT2D eigenvalue weighted by molar-refractivity contribution is 7.89. The topological polar surface area (TPSA) is 105 Å². The number of aryl methyl sites for hydroxylation is 2. The number of carbonyl (C=O) groups is 2. The van der Waals surface area contributed by atoms with Gasteiger partial charge >= 0.3 is 12.0 Å². The Morgan fingerprint density at radius 3 is 2.34 bits per heavy atom. The van der Waals surface area contributed by atoms with Crippen molar-refractivity contribution in [2.24, 2.45) is 5.41 Å². The van der Waals surface area contributed by atoms with Crippen LogP contribution in [0.4, 0.5) is 4.79 Å². The summed E-state index contributed by atoms with van der Waals surface area (Å²) < 4.78 is 38.6. The van der Waals surface area contributed by atoms with E-state index in [-0.39, 0.29) is 18.1 Å². The molecule has 1 spiro atoms. The molecule has 3 rings (SSSR count). The van der Waals surface area contributed by atoms with Crippen LogP contribution in [0.5, 0.6) is 0 Å². The van der Waals surface area contributed by atoms with Crippen LogP contribution in [0, 0.1) is 19.3 Å². The summed E-state index contributed by atoms with van der Waals surface area (Å²) in [6.07, 6.45) is 2.18. The van der Waals surface area contributed by atoms with Gasteiger partial charge in [0.2, 0.25) is 10.0 Å². The van der Waals surface area contributed by atoms with Gasteiger partial charge in [-0.3, -0.25) is 0 Å². The van der Waals surface area contributed by atoms with Gasteiger partial charge in [-0.05, 0) is 76.5 Å². The molecule has 196 valence electrons. The van der Waals surface area contributed by atoms with Crippen molar-refractivity contribution in [3.8, 4) is 0 Å². The number of nitrogens with zero attached hydrogens (tertiary/aromatic N) is 2. The van der Waals surface area contributed by atoms with Crippen molar-refractivity contribution >= 4 is 22.0 Å². The number of piperidine rings is 1. The highest BCUT2D eigenvalue weighted by atomic mass is 32.2. The summed E-state index contributed by atoms with van der Waals surface area (Å²) in [5.41, 5.74) is 1.08. The molecule has 0 saturated carbocycles. The molecule has 10 heteroatoms. The Morgan fingerprint density at radius 2 is 1.74 bits per heavy atom. The SMILES string of the molecule is COC(=O)[C@H](COC(C)(C)C)NC(=O)N1CCC2(CCN(S(=O)(=O)c3cc(C)ccc3C)CC2)C1. The Balaban J connectivity index is 1.60. The predicted molar refractivity (Wildman–Crippen MR) is 133 cm³/mol. The zero-order chi connectivity index (χ0) is 26.0.